The largest absolute Gasteiger partial charge is 0.469 e. The molecule has 0 unspecified atom stereocenters. The lowest BCUT2D eigenvalue weighted by Crippen LogP contribution is -2.50. The molecule has 0 bridgehead atoms. The van der Waals surface area contributed by atoms with Crippen LogP contribution in [0, 0.1) is 0 Å². The highest BCUT2D eigenvalue weighted by Crippen LogP contribution is 2.17. The quantitative estimate of drug-likeness (QED) is 0.885. The molecule has 1 saturated heterocycles. The number of rotatable bonds is 5. The van der Waals surface area contributed by atoms with Gasteiger partial charge in [0.25, 0.3) is 0 Å². The van der Waals surface area contributed by atoms with Gasteiger partial charge >= 0.3 is 6.03 Å². The number of piperidine rings is 1. The number of hydrogen-bond donors (Lipinski definition) is 2. The van der Waals surface area contributed by atoms with E-state index in [0.29, 0.717) is 6.42 Å². The van der Waals surface area contributed by atoms with Gasteiger partial charge in [-0.1, -0.05) is 6.07 Å². The molecule has 0 spiro atoms. The van der Waals surface area contributed by atoms with Gasteiger partial charge in [-0.25, -0.2) is 9.78 Å². The van der Waals surface area contributed by atoms with Crippen molar-refractivity contribution >= 4 is 11.8 Å². The monoisotopic (exact) mass is 328 g/mol. The topological polar surface area (TPSA) is 70.4 Å². The number of carbonyl (C=O) groups excluding carboxylic acids is 1. The molecule has 0 aliphatic carbocycles. The minimum atomic E-state index is -0.106. The van der Waals surface area contributed by atoms with Crippen molar-refractivity contribution in [2.24, 2.45) is 0 Å². The first-order valence-electron chi connectivity index (χ1n) is 8.46. The van der Waals surface area contributed by atoms with Gasteiger partial charge in [0, 0.05) is 37.8 Å². The lowest BCUT2D eigenvalue weighted by Gasteiger charge is -2.33. The summed E-state index contributed by atoms with van der Waals surface area (Å²) >= 11 is 0. The van der Waals surface area contributed by atoms with Crippen molar-refractivity contribution < 1.29 is 9.21 Å². The number of nitrogens with zero attached hydrogens (tertiary/aromatic N) is 2. The van der Waals surface area contributed by atoms with Gasteiger partial charge < -0.3 is 20.0 Å². The zero-order valence-corrected chi connectivity index (χ0v) is 13.9. The van der Waals surface area contributed by atoms with Crippen LogP contribution in [0.5, 0.6) is 0 Å². The highest BCUT2D eigenvalue weighted by molar-refractivity contribution is 5.74. The molecule has 6 nitrogen and oxygen atoms in total. The summed E-state index contributed by atoms with van der Waals surface area (Å²) in [6, 6.07) is 9.86. The van der Waals surface area contributed by atoms with E-state index in [4.69, 9.17) is 4.42 Å². The van der Waals surface area contributed by atoms with Crippen molar-refractivity contribution in [2.75, 3.05) is 18.0 Å². The highest BCUT2D eigenvalue weighted by Gasteiger charge is 2.21. The minimum Gasteiger partial charge on any atom is -0.469 e. The van der Waals surface area contributed by atoms with E-state index in [1.54, 1.807) is 6.26 Å². The summed E-state index contributed by atoms with van der Waals surface area (Å²) in [6.45, 7) is 3.79. The first-order valence-corrected chi connectivity index (χ1v) is 8.46. The van der Waals surface area contributed by atoms with E-state index in [9.17, 15) is 4.79 Å². The smallest absolute Gasteiger partial charge is 0.315 e. The standard InChI is InChI=1S/C18H24N4O2/c1-14(13-16-5-4-12-24-16)20-18(23)21-15-7-10-22(11-8-15)17-6-2-3-9-19-17/h2-6,9,12,14-15H,7-8,10-11,13H2,1H3,(H2,20,21,23)/t14-/m0/s1. The highest BCUT2D eigenvalue weighted by atomic mass is 16.3. The van der Waals surface area contributed by atoms with Gasteiger partial charge in [0.15, 0.2) is 0 Å². The molecule has 3 heterocycles. The van der Waals surface area contributed by atoms with E-state index < -0.39 is 0 Å². The second-order valence-corrected chi connectivity index (χ2v) is 6.25. The van der Waals surface area contributed by atoms with Crippen molar-refractivity contribution in [3.05, 3.63) is 48.6 Å². The Morgan fingerprint density at radius 3 is 2.83 bits per heavy atom. The molecule has 6 heteroatoms. The minimum absolute atomic E-state index is 0.0322. The molecule has 1 fully saturated rings. The average molecular weight is 328 g/mol. The van der Waals surface area contributed by atoms with Crippen LogP contribution in [0.15, 0.2) is 47.2 Å². The maximum absolute atomic E-state index is 12.1. The second kappa shape index (κ2) is 7.86. The molecule has 0 saturated carbocycles. The Labute approximate surface area is 142 Å². The number of nitrogens with one attached hydrogen (secondary N) is 2. The van der Waals surface area contributed by atoms with E-state index in [0.717, 1.165) is 37.5 Å². The molecule has 2 amide bonds. The van der Waals surface area contributed by atoms with Crippen molar-refractivity contribution in [3.63, 3.8) is 0 Å². The van der Waals surface area contributed by atoms with Crippen LogP contribution in [-0.4, -0.2) is 36.2 Å². The van der Waals surface area contributed by atoms with Crippen LogP contribution in [-0.2, 0) is 6.42 Å². The molecule has 2 aromatic heterocycles. The first-order chi connectivity index (χ1) is 11.7. The van der Waals surface area contributed by atoms with E-state index in [1.807, 2.05) is 43.5 Å². The summed E-state index contributed by atoms with van der Waals surface area (Å²) in [7, 11) is 0. The number of pyridine rings is 1. The van der Waals surface area contributed by atoms with Crippen LogP contribution in [0.25, 0.3) is 0 Å². The first kappa shape index (κ1) is 16.4. The Morgan fingerprint density at radius 1 is 1.33 bits per heavy atom. The molecule has 1 aliphatic rings. The number of anilines is 1. The van der Waals surface area contributed by atoms with Gasteiger partial charge in [0.2, 0.25) is 0 Å². The molecule has 1 aliphatic heterocycles. The van der Waals surface area contributed by atoms with Crippen molar-refractivity contribution in [1.29, 1.82) is 0 Å². The third-order valence-corrected chi connectivity index (χ3v) is 4.27. The van der Waals surface area contributed by atoms with Crippen LogP contribution < -0.4 is 15.5 Å². The average Bonchev–Trinajstić information content (AvgIpc) is 3.09. The molecule has 128 valence electrons. The van der Waals surface area contributed by atoms with Gasteiger partial charge in [-0.15, -0.1) is 0 Å². The lowest BCUT2D eigenvalue weighted by atomic mass is 10.1. The van der Waals surface area contributed by atoms with E-state index >= 15 is 0 Å². The maximum Gasteiger partial charge on any atom is 0.315 e. The summed E-state index contributed by atoms with van der Waals surface area (Å²) in [5, 5.41) is 6.05. The predicted octanol–water partition coefficient (Wildman–Crippen LogP) is 2.57. The molecule has 0 aromatic carbocycles. The number of furan rings is 1. The zero-order chi connectivity index (χ0) is 16.8. The molecule has 0 radical (unpaired) electrons. The van der Waals surface area contributed by atoms with Crippen molar-refractivity contribution in [2.45, 2.75) is 38.3 Å². The Bertz CT molecular complexity index is 622. The molecule has 2 aromatic rings. The van der Waals surface area contributed by atoms with Crippen LogP contribution in [0.4, 0.5) is 10.6 Å². The summed E-state index contributed by atoms with van der Waals surface area (Å²) in [6.07, 6.45) is 6.01. The third-order valence-electron chi connectivity index (χ3n) is 4.27. The Hall–Kier alpha value is -2.50. The molecular weight excluding hydrogens is 304 g/mol. The SMILES string of the molecule is C[C@@H](Cc1ccco1)NC(=O)NC1CCN(c2ccccn2)CC1. The van der Waals surface area contributed by atoms with Gasteiger partial charge in [-0.3, -0.25) is 0 Å². The van der Waals surface area contributed by atoms with Crippen molar-refractivity contribution in [3.8, 4) is 0 Å². The van der Waals surface area contributed by atoms with Crippen LogP contribution in [0.2, 0.25) is 0 Å². The summed E-state index contributed by atoms with van der Waals surface area (Å²) in [5.74, 6) is 1.89. The molecule has 24 heavy (non-hydrogen) atoms. The third kappa shape index (κ3) is 4.50. The van der Waals surface area contributed by atoms with Crippen LogP contribution >= 0.6 is 0 Å². The van der Waals surface area contributed by atoms with Crippen LogP contribution in [0.1, 0.15) is 25.5 Å². The Kier molecular flexibility index (Phi) is 5.36. The van der Waals surface area contributed by atoms with Crippen molar-refractivity contribution in [1.82, 2.24) is 15.6 Å². The second-order valence-electron chi connectivity index (χ2n) is 6.25. The number of carbonyl (C=O) groups is 1. The maximum atomic E-state index is 12.1. The lowest BCUT2D eigenvalue weighted by molar-refractivity contribution is 0.231. The number of amides is 2. The van der Waals surface area contributed by atoms with Gasteiger partial charge in [-0.05, 0) is 44.0 Å². The van der Waals surface area contributed by atoms with Gasteiger partial charge in [0.1, 0.15) is 11.6 Å². The normalized spacial score (nSPS) is 16.6. The summed E-state index contributed by atoms with van der Waals surface area (Å²) in [4.78, 5) is 18.8. The molecule has 2 N–H and O–H groups in total. The molecular formula is C18H24N4O2. The van der Waals surface area contributed by atoms with E-state index in [1.165, 1.54) is 0 Å². The Balaban J connectivity index is 1.40. The fraction of sp³-hybridized carbons (Fsp3) is 0.444. The number of aromatic nitrogens is 1. The molecule has 1 atom stereocenters. The summed E-state index contributed by atoms with van der Waals surface area (Å²) < 4.78 is 5.31. The summed E-state index contributed by atoms with van der Waals surface area (Å²) in [5.41, 5.74) is 0. The zero-order valence-electron chi connectivity index (χ0n) is 13.9. The fourth-order valence-electron chi connectivity index (χ4n) is 3.03. The Morgan fingerprint density at radius 2 is 2.17 bits per heavy atom. The van der Waals surface area contributed by atoms with E-state index in [-0.39, 0.29) is 18.1 Å². The number of hydrogen-bond acceptors (Lipinski definition) is 4. The molecule has 3 rings (SSSR count). The van der Waals surface area contributed by atoms with E-state index in [2.05, 4.69) is 20.5 Å². The predicted molar refractivity (Wildman–Crippen MR) is 93.0 cm³/mol. The van der Waals surface area contributed by atoms with Gasteiger partial charge in [0.05, 0.1) is 6.26 Å². The fourth-order valence-corrected chi connectivity index (χ4v) is 3.03. The number of urea groups is 1. The van der Waals surface area contributed by atoms with Crippen LogP contribution in [0.3, 0.4) is 0 Å². The van der Waals surface area contributed by atoms with Gasteiger partial charge in [-0.2, -0.15) is 0 Å².